The van der Waals surface area contributed by atoms with Gasteiger partial charge in [-0.3, -0.25) is 0 Å². The number of hydrogen-bond acceptors (Lipinski definition) is 0. The Morgan fingerprint density at radius 2 is 2.00 bits per heavy atom. The van der Waals surface area contributed by atoms with Gasteiger partial charge < -0.3 is 0 Å². The first-order chi connectivity index (χ1) is 7.58. The lowest BCUT2D eigenvalue weighted by atomic mass is 9.70. The molecule has 1 unspecified atom stereocenters. The van der Waals surface area contributed by atoms with Crippen LogP contribution in [0.3, 0.4) is 0 Å². The summed E-state index contributed by atoms with van der Waals surface area (Å²) >= 11 is 0. The summed E-state index contributed by atoms with van der Waals surface area (Å²) in [7, 11) is 0. The maximum Gasteiger partial charge on any atom is -0.0165 e. The molecule has 0 aromatic heterocycles. The highest BCUT2D eigenvalue weighted by Crippen LogP contribution is 2.42. The van der Waals surface area contributed by atoms with Gasteiger partial charge in [0.1, 0.15) is 0 Å². The van der Waals surface area contributed by atoms with Crippen molar-refractivity contribution in [2.75, 3.05) is 0 Å². The smallest absolute Gasteiger partial charge is 0.0165 e. The average molecular weight is 216 g/mol. The lowest BCUT2D eigenvalue weighted by Crippen LogP contribution is -2.23. The quantitative estimate of drug-likeness (QED) is 0.497. The second-order valence-corrected chi connectivity index (χ2v) is 5.26. The van der Waals surface area contributed by atoms with Gasteiger partial charge in [-0.1, -0.05) is 46.8 Å². The lowest BCUT2D eigenvalue weighted by molar-refractivity contribution is 0.276. The van der Waals surface area contributed by atoms with Gasteiger partial charge in [-0.2, -0.15) is 0 Å². The molecule has 0 saturated heterocycles. The van der Waals surface area contributed by atoms with Gasteiger partial charge in [0.2, 0.25) is 0 Å². The summed E-state index contributed by atoms with van der Waals surface area (Å²) in [5, 5.41) is 0. The Morgan fingerprint density at radius 3 is 2.69 bits per heavy atom. The standard InChI is InChI=1S/C14H18.C2H6/c1-11-9-14(2,3)10-12-7-5-4-6-8-13(11)12;1-2/h4,6-8,11H,9-10H2,1-3H3;1-2H3. The molecule has 0 nitrogen and oxygen atoms in total. The van der Waals surface area contributed by atoms with Crippen molar-refractivity contribution >= 4 is 0 Å². The Kier molecular flexibility index (Phi) is 4.38. The van der Waals surface area contributed by atoms with Crippen molar-refractivity contribution in [3.63, 3.8) is 0 Å². The molecule has 0 heterocycles. The Morgan fingerprint density at radius 1 is 1.31 bits per heavy atom. The molecule has 0 radical (unpaired) electrons. The van der Waals surface area contributed by atoms with E-state index in [-0.39, 0.29) is 0 Å². The van der Waals surface area contributed by atoms with E-state index in [2.05, 4.69) is 44.7 Å². The van der Waals surface area contributed by atoms with Gasteiger partial charge in [0.15, 0.2) is 0 Å². The fourth-order valence-corrected chi connectivity index (χ4v) is 2.71. The Hall–Kier alpha value is -1.00. The summed E-state index contributed by atoms with van der Waals surface area (Å²) in [5.41, 5.74) is 6.67. The maximum absolute atomic E-state index is 3.21. The van der Waals surface area contributed by atoms with E-state index < -0.39 is 0 Å². The molecule has 2 aliphatic rings. The highest BCUT2D eigenvalue weighted by atomic mass is 14.3. The summed E-state index contributed by atoms with van der Waals surface area (Å²) in [5.74, 6) is 0.689. The fraction of sp³-hybridized carbons (Fsp3) is 0.562. The van der Waals surface area contributed by atoms with Gasteiger partial charge in [0, 0.05) is 0 Å². The van der Waals surface area contributed by atoms with Gasteiger partial charge in [0.05, 0.1) is 0 Å². The van der Waals surface area contributed by atoms with Crippen molar-refractivity contribution in [2.24, 2.45) is 11.3 Å². The number of hydrogen-bond donors (Lipinski definition) is 0. The van der Waals surface area contributed by atoms with Gasteiger partial charge in [-0.05, 0) is 47.5 Å². The van der Waals surface area contributed by atoms with Crippen LogP contribution in [-0.2, 0) is 0 Å². The molecule has 2 aliphatic carbocycles. The molecule has 16 heavy (non-hydrogen) atoms. The minimum absolute atomic E-state index is 0.453. The van der Waals surface area contributed by atoms with Crippen LogP contribution in [0.4, 0.5) is 0 Å². The monoisotopic (exact) mass is 216 g/mol. The minimum Gasteiger partial charge on any atom is -0.121 e. The lowest BCUT2D eigenvalue weighted by Gasteiger charge is -2.35. The number of rotatable bonds is 0. The molecule has 0 N–H and O–H groups in total. The summed E-state index contributed by atoms with van der Waals surface area (Å²) < 4.78 is 0. The SMILES string of the molecule is CC.CC1CC(C)(C)CC2=C1C=CC=C=C2. The largest absolute Gasteiger partial charge is 0.121 e. The van der Waals surface area contributed by atoms with Crippen LogP contribution in [0.5, 0.6) is 0 Å². The Labute approximate surface area is 100 Å². The van der Waals surface area contributed by atoms with E-state index in [9.17, 15) is 0 Å². The van der Waals surface area contributed by atoms with Crippen molar-refractivity contribution in [3.05, 3.63) is 41.2 Å². The van der Waals surface area contributed by atoms with Crippen LogP contribution in [-0.4, -0.2) is 0 Å². The van der Waals surface area contributed by atoms with Crippen LogP contribution in [0.2, 0.25) is 0 Å². The molecule has 0 aliphatic heterocycles. The average Bonchev–Trinajstić information content (AvgIpc) is 2.44. The highest BCUT2D eigenvalue weighted by molar-refractivity contribution is 5.40. The van der Waals surface area contributed by atoms with E-state index >= 15 is 0 Å². The molecular formula is C16H24. The van der Waals surface area contributed by atoms with E-state index in [1.54, 1.807) is 0 Å². The first-order valence-corrected chi connectivity index (χ1v) is 6.41. The second kappa shape index (κ2) is 5.37. The molecule has 1 atom stereocenters. The molecule has 0 amide bonds. The zero-order valence-corrected chi connectivity index (χ0v) is 11.3. The van der Waals surface area contributed by atoms with Crippen LogP contribution >= 0.6 is 0 Å². The molecule has 0 bridgehead atoms. The molecule has 2 rings (SSSR count). The van der Waals surface area contributed by atoms with Crippen molar-refractivity contribution in [1.29, 1.82) is 0 Å². The van der Waals surface area contributed by atoms with Gasteiger partial charge in [-0.25, -0.2) is 0 Å². The van der Waals surface area contributed by atoms with Gasteiger partial charge >= 0.3 is 0 Å². The minimum atomic E-state index is 0.453. The topological polar surface area (TPSA) is 0 Å². The third kappa shape index (κ3) is 3.00. The maximum atomic E-state index is 3.21. The summed E-state index contributed by atoms with van der Waals surface area (Å²) in [4.78, 5) is 0. The van der Waals surface area contributed by atoms with E-state index in [0.717, 1.165) is 0 Å². The van der Waals surface area contributed by atoms with Gasteiger partial charge in [0.25, 0.3) is 0 Å². The van der Waals surface area contributed by atoms with Crippen LogP contribution in [0.15, 0.2) is 41.2 Å². The molecule has 0 spiro atoms. The van der Waals surface area contributed by atoms with Crippen LogP contribution in [0.25, 0.3) is 0 Å². The third-order valence-corrected chi connectivity index (χ3v) is 3.16. The molecular weight excluding hydrogens is 192 g/mol. The Balaban J connectivity index is 0.000000606. The van der Waals surface area contributed by atoms with E-state index in [4.69, 9.17) is 0 Å². The van der Waals surface area contributed by atoms with Crippen molar-refractivity contribution < 1.29 is 0 Å². The summed E-state index contributed by atoms with van der Waals surface area (Å²) in [6.45, 7) is 11.1. The highest BCUT2D eigenvalue weighted by Gasteiger charge is 2.29. The normalized spacial score (nSPS) is 25.7. The van der Waals surface area contributed by atoms with Crippen molar-refractivity contribution in [2.45, 2.75) is 47.5 Å². The predicted molar refractivity (Wildman–Crippen MR) is 72.3 cm³/mol. The molecule has 0 saturated carbocycles. The first kappa shape index (κ1) is 13.1. The van der Waals surface area contributed by atoms with E-state index in [0.29, 0.717) is 11.3 Å². The molecule has 0 fully saturated rings. The first-order valence-electron chi connectivity index (χ1n) is 6.41. The zero-order valence-electron chi connectivity index (χ0n) is 11.3. The second-order valence-electron chi connectivity index (χ2n) is 5.26. The third-order valence-electron chi connectivity index (χ3n) is 3.16. The van der Waals surface area contributed by atoms with Crippen LogP contribution in [0, 0.1) is 11.3 Å². The fourth-order valence-electron chi connectivity index (χ4n) is 2.71. The predicted octanol–water partition coefficient (Wildman–Crippen LogP) is 5.05. The molecule has 88 valence electrons. The summed E-state index contributed by atoms with van der Waals surface area (Å²) in [6, 6.07) is 0. The van der Waals surface area contributed by atoms with Gasteiger partial charge in [-0.15, -0.1) is 5.73 Å². The zero-order chi connectivity index (χ0) is 12.2. The van der Waals surface area contributed by atoms with Crippen molar-refractivity contribution in [3.8, 4) is 0 Å². The van der Waals surface area contributed by atoms with Crippen LogP contribution in [0.1, 0.15) is 47.5 Å². The van der Waals surface area contributed by atoms with E-state index in [1.807, 2.05) is 19.9 Å². The Bertz CT molecular complexity index is 357. The molecule has 0 aromatic rings. The van der Waals surface area contributed by atoms with Crippen LogP contribution < -0.4 is 0 Å². The molecule has 0 aromatic carbocycles. The number of allylic oxidation sites excluding steroid dienone is 5. The molecule has 0 heteroatoms. The van der Waals surface area contributed by atoms with Crippen molar-refractivity contribution in [1.82, 2.24) is 0 Å². The summed E-state index contributed by atoms with van der Waals surface area (Å²) in [6.07, 6.45) is 11.0. The van der Waals surface area contributed by atoms with E-state index in [1.165, 1.54) is 24.0 Å².